The first-order valence-electron chi connectivity index (χ1n) is 6.29. The molecule has 21 heavy (non-hydrogen) atoms. The Labute approximate surface area is 136 Å². The van der Waals surface area contributed by atoms with Crippen molar-refractivity contribution in [2.75, 3.05) is 11.8 Å². The molecule has 9 heteroatoms. The van der Waals surface area contributed by atoms with Crippen molar-refractivity contribution in [3.8, 4) is 0 Å². The Bertz CT molecular complexity index is 737. The molecule has 0 aliphatic carbocycles. The molecule has 0 saturated carbocycles. The fourth-order valence-corrected chi connectivity index (χ4v) is 4.95. The Hall–Kier alpha value is -0.900. The fourth-order valence-electron chi connectivity index (χ4n) is 1.81. The van der Waals surface area contributed by atoms with Gasteiger partial charge in [-0.1, -0.05) is 6.92 Å². The third-order valence-electron chi connectivity index (χ3n) is 2.80. The van der Waals surface area contributed by atoms with E-state index in [1.54, 1.807) is 7.05 Å². The zero-order chi connectivity index (χ0) is 15.6. The smallest absolute Gasteiger partial charge is 0.268 e. The first kappa shape index (κ1) is 16.5. The van der Waals surface area contributed by atoms with Crippen molar-refractivity contribution in [2.24, 2.45) is 0 Å². The number of hydrogen-bond donors (Lipinski definition) is 2. The van der Waals surface area contributed by atoms with Crippen molar-refractivity contribution in [1.82, 2.24) is 10.3 Å². The Morgan fingerprint density at radius 2 is 2.19 bits per heavy atom. The van der Waals surface area contributed by atoms with Gasteiger partial charge in [0, 0.05) is 10.9 Å². The first-order chi connectivity index (χ1) is 9.87. The van der Waals surface area contributed by atoms with Gasteiger partial charge in [-0.3, -0.25) is 4.72 Å². The van der Waals surface area contributed by atoms with Crippen LogP contribution in [0, 0.1) is 6.92 Å². The minimum atomic E-state index is -3.72. The molecule has 0 atom stereocenters. The van der Waals surface area contributed by atoms with Crippen LogP contribution in [0.5, 0.6) is 0 Å². The highest BCUT2D eigenvalue weighted by Gasteiger charge is 2.24. The van der Waals surface area contributed by atoms with Gasteiger partial charge in [0.15, 0.2) is 9.80 Å². The number of aryl methyl sites for hydroxylation is 2. The molecule has 0 aliphatic heterocycles. The van der Waals surface area contributed by atoms with E-state index in [2.05, 4.69) is 31.0 Å². The minimum absolute atomic E-state index is 0.0682. The second kappa shape index (κ2) is 6.47. The summed E-state index contributed by atoms with van der Waals surface area (Å²) in [6.45, 7) is 4.36. The molecule has 0 saturated heterocycles. The van der Waals surface area contributed by atoms with Gasteiger partial charge >= 0.3 is 0 Å². The van der Waals surface area contributed by atoms with E-state index < -0.39 is 10.0 Å². The molecule has 2 aromatic rings. The van der Waals surface area contributed by atoms with Gasteiger partial charge in [0.25, 0.3) is 10.0 Å². The first-order valence-corrected chi connectivity index (χ1v) is 9.38. The maximum Gasteiger partial charge on any atom is 0.268 e. The van der Waals surface area contributed by atoms with Crippen molar-refractivity contribution in [3.05, 3.63) is 27.1 Å². The van der Waals surface area contributed by atoms with E-state index in [-0.39, 0.29) is 9.56 Å². The maximum absolute atomic E-state index is 12.4. The van der Waals surface area contributed by atoms with E-state index in [1.165, 1.54) is 17.4 Å². The standard InChI is InChI=1S/C12H16BrN3O3S2/c1-4-9-7(2)20-12(15-9)16-21(17,18)10-5-8(6-14-3)19-11(10)13/h5,14H,4,6H2,1-3H3,(H,15,16). The fraction of sp³-hybridized carbons (Fsp3) is 0.417. The zero-order valence-corrected chi connectivity index (χ0v) is 15.1. The molecule has 0 aromatic carbocycles. The summed E-state index contributed by atoms with van der Waals surface area (Å²) in [5.74, 6) is 0.536. The summed E-state index contributed by atoms with van der Waals surface area (Å²) in [7, 11) is -1.97. The van der Waals surface area contributed by atoms with Gasteiger partial charge in [-0.15, -0.1) is 11.3 Å². The Morgan fingerprint density at radius 1 is 1.48 bits per heavy atom. The number of nitrogens with one attached hydrogen (secondary N) is 2. The minimum Gasteiger partial charge on any atom is -0.451 e. The Morgan fingerprint density at radius 3 is 2.76 bits per heavy atom. The lowest BCUT2D eigenvalue weighted by molar-refractivity contribution is 0.470. The normalized spacial score (nSPS) is 11.8. The van der Waals surface area contributed by atoms with E-state index in [1.807, 2.05) is 13.8 Å². The van der Waals surface area contributed by atoms with Gasteiger partial charge in [0.2, 0.25) is 0 Å². The molecule has 0 spiro atoms. The molecule has 116 valence electrons. The third kappa shape index (κ3) is 3.65. The molecule has 2 rings (SSSR count). The van der Waals surface area contributed by atoms with Gasteiger partial charge < -0.3 is 9.73 Å². The van der Waals surface area contributed by atoms with Crippen molar-refractivity contribution in [1.29, 1.82) is 0 Å². The SMILES string of the molecule is CCc1nc(NS(=O)(=O)c2cc(CNC)oc2Br)sc1C. The summed E-state index contributed by atoms with van der Waals surface area (Å²) in [5, 5.41) is 3.27. The van der Waals surface area contributed by atoms with Gasteiger partial charge in [-0.25, -0.2) is 13.4 Å². The van der Waals surface area contributed by atoms with Crippen LogP contribution in [0.1, 0.15) is 23.3 Å². The number of rotatable bonds is 6. The van der Waals surface area contributed by atoms with E-state index in [9.17, 15) is 8.42 Å². The molecule has 0 bridgehead atoms. The van der Waals surface area contributed by atoms with Crippen LogP contribution in [0.3, 0.4) is 0 Å². The number of nitrogens with zero attached hydrogens (tertiary/aromatic N) is 1. The average Bonchev–Trinajstić information content (AvgIpc) is 2.93. The van der Waals surface area contributed by atoms with E-state index in [4.69, 9.17) is 4.42 Å². The van der Waals surface area contributed by atoms with Gasteiger partial charge in [0.1, 0.15) is 10.7 Å². The molecule has 0 unspecified atom stereocenters. The maximum atomic E-state index is 12.4. The lowest BCUT2D eigenvalue weighted by Gasteiger charge is -2.02. The molecule has 2 heterocycles. The van der Waals surface area contributed by atoms with Crippen LogP contribution < -0.4 is 10.0 Å². The number of thiazole rings is 1. The van der Waals surface area contributed by atoms with Crippen molar-refractivity contribution < 1.29 is 12.8 Å². The molecule has 6 nitrogen and oxygen atoms in total. The Balaban J connectivity index is 2.29. The zero-order valence-electron chi connectivity index (χ0n) is 11.9. The number of anilines is 1. The summed E-state index contributed by atoms with van der Waals surface area (Å²) in [6, 6.07) is 1.49. The number of hydrogen-bond acceptors (Lipinski definition) is 6. The molecule has 2 aromatic heterocycles. The lowest BCUT2D eigenvalue weighted by atomic mass is 10.3. The summed E-state index contributed by atoms with van der Waals surface area (Å²) in [4.78, 5) is 5.36. The van der Waals surface area contributed by atoms with Crippen LogP contribution >= 0.6 is 27.3 Å². The molecule has 0 amide bonds. The van der Waals surface area contributed by atoms with E-state index in [0.29, 0.717) is 17.4 Å². The molecular formula is C12H16BrN3O3S2. The van der Waals surface area contributed by atoms with Gasteiger partial charge in [-0.2, -0.15) is 0 Å². The van der Waals surface area contributed by atoms with Crippen LogP contribution in [-0.4, -0.2) is 20.4 Å². The van der Waals surface area contributed by atoms with Gasteiger partial charge in [-0.05, 0) is 36.3 Å². The summed E-state index contributed by atoms with van der Waals surface area (Å²) in [5.41, 5.74) is 0.903. The van der Waals surface area contributed by atoms with Crippen LogP contribution in [0.25, 0.3) is 0 Å². The Kier molecular flexibility index (Phi) is 5.07. The van der Waals surface area contributed by atoms with Crippen molar-refractivity contribution in [3.63, 3.8) is 0 Å². The number of furan rings is 1. The predicted molar refractivity (Wildman–Crippen MR) is 86.2 cm³/mol. The summed E-state index contributed by atoms with van der Waals surface area (Å²) >= 11 is 4.46. The van der Waals surface area contributed by atoms with E-state index in [0.717, 1.165) is 17.0 Å². The second-order valence-corrected chi connectivity index (χ2v) is 7.94. The summed E-state index contributed by atoms with van der Waals surface area (Å²) in [6.07, 6.45) is 0.770. The quantitative estimate of drug-likeness (QED) is 0.787. The topological polar surface area (TPSA) is 84.2 Å². The third-order valence-corrected chi connectivity index (χ3v) is 6.05. The average molecular weight is 394 g/mol. The highest BCUT2D eigenvalue weighted by atomic mass is 79.9. The molecule has 0 radical (unpaired) electrons. The van der Waals surface area contributed by atoms with Crippen molar-refractivity contribution in [2.45, 2.75) is 31.7 Å². The lowest BCUT2D eigenvalue weighted by Crippen LogP contribution is -2.12. The van der Waals surface area contributed by atoms with Gasteiger partial charge in [0.05, 0.1) is 12.2 Å². The monoisotopic (exact) mass is 393 g/mol. The highest BCUT2D eigenvalue weighted by Crippen LogP contribution is 2.30. The largest absolute Gasteiger partial charge is 0.451 e. The van der Waals surface area contributed by atoms with Crippen LogP contribution in [0.2, 0.25) is 0 Å². The number of sulfonamides is 1. The number of halogens is 1. The highest BCUT2D eigenvalue weighted by molar-refractivity contribution is 9.10. The van der Waals surface area contributed by atoms with E-state index >= 15 is 0 Å². The van der Waals surface area contributed by atoms with Crippen LogP contribution in [0.15, 0.2) is 20.0 Å². The van der Waals surface area contributed by atoms with Crippen LogP contribution in [0.4, 0.5) is 5.13 Å². The van der Waals surface area contributed by atoms with Crippen LogP contribution in [-0.2, 0) is 23.0 Å². The molecule has 0 fully saturated rings. The molecular weight excluding hydrogens is 378 g/mol. The predicted octanol–water partition coefficient (Wildman–Crippen LogP) is 2.89. The molecule has 0 aliphatic rings. The molecule has 2 N–H and O–H groups in total. The second-order valence-electron chi connectivity index (χ2n) is 4.36. The summed E-state index contributed by atoms with van der Waals surface area (Å²) < 4.78 is 32.8. The number of aromatic nitrogens is 1. The van der Waals surface area contributed by atoms with Crippen molar-refractivity contribution >= 4 is 42.4 Å².